The molecule has 4 heteroatoms. The van der Waals surface area contributed by atoms with Crippen molar-refractivity contribution in [2.75, 3.05) is 27.2 Å². The van der Waals surface area contributed by atoms with Crippen LogP contribution >= 0.6 is 0 Å². The number of methoxy groups -OCH3 is 1. The van der Waals surface area contributed by atoms with E-state index >= 15 is 0 Å². The van der Waals surface area contributed by atoms with E-state index in [0.717, 1.165) is 12.5 Å². The molecule has 22 heavy (non-hydrogen) atoms. The summed E-state index contributed by atoms with van der Waals surface area (Å²) in [6.45, 7) is 10.9. The van der Waals surface area contributed by atoms with E-state index in [1.54, 1.807) is 7.11 Å². The van der Waals surface area contributed by atoms with Crippen molar-refractivity contribution in [3.8, 4) is 0 Å². The summed E-state index contributed by atoms with van der Waals surface area (Å²) >= 11 is 0. The molecule has 1 heterocycles. The molecule has 4 nitrogen and oxygen atoms in total. The van der Waals surface area contributed by atoms with E-state index in [-0.39, 0.29) is 11.6 Å². The Morgan fingerprint density at radius 2 is 1.91 bits per heavy atom. The van der Waals surface area contributed by atoms with Gasteiger partial charge < -0.3 is 15.0 Å². The van der Waals surface area contributed by atoms with Crippen molar-refractivity contribution in [2.24, 2.45) is 10.4 Å². The highest BCUT2D eigenvalue weighted by atomic mass is 16.5. The number of hydrogen-bond acceptors (Lipinski definition) is 2. The zero-order valence-corrected chi connectivity index (χ0v) is 14.7. The first-order chi connectivity index (χ1) is 10.3. The van der Waals surface area contributed by atoms with Crippen molar-refractivity contribution in [1.82, 2.24) is 10.2 Å². The highest BCUT2D eigenvalue weighted by Gasteiger charge is 2.53. The number of nitrogens with zero attached hydrogens (tertiary/aromatic N) is 2. The first-order valence-corrected chi connectivity index (χ1v) is 7.89. The summed E-state index contributed by atoms with van der Waals surface area (Å²) in [5.41, 5.74) is 1.57. The molecule has 2 rings (SSSR count). The molecule has 122 valence electrons. The molecule has 1 N–H and O–H groups in total. The molecule has 1 aliphatic rings. The van der Waals surface area contributed by atoms with Crippen molar-refractivity contribution in [3.05, 3.63) is 35.9 Å². The Balaban J connectivity index is 2.01. The minimum atomic E-state index is 0.0235. The lowest BCUT2D eigenvalue weighted by molar-refractivity contribution is -0.0671. The first-order valence-electron chi connectivity index (χ1n) is 7.89. The smallest absolute Gasteiger partial charge is 0.194 e. The average Bonchev–Trinajstić information content (AvgIpc) is 2.51. The van der Waals surface area contributed by atoms with E-state index in [9.17, 15) is 0 Å². The quantitative estimate of drug-likeness (QED) is 0.686. The second kappa shape index (κ2) is 6.29. The van der Waals surface area contributed by atoms with Crippen LogP contribution in [0.1, 0.15) is 39.4 Å². The third kappa shape index (κ3) is 2.98. The summed E-state index contributed by atoms with van der Waals surface area (Å²) < 4.78 is 5.62. The van der Waals surface area contributed by atoms with Crippen LogP contribution in [0, 0.1) is 5.41 Å². The Morgan fingerprint density at radius 3 is 2.36 bits per heavy atom. The van der Waals surface area contributed by atoms with Crippen LogP contribution in [0.4, 0.5) is 0 Å². The molecule has 0 saturated carbocycles. The summed E-state index contributed by atoms with van der Waals surface area (Å²) in [7, 11) is 3.59. The van der Waals surface area contributed by atoms with Crippen LogP contribution in [0.5, 0.6) is 0 Å². The fourth-order valence-corrected chi connectivity index (χ4v) is 2.88. The summed E-state index contributed by atoms with van der Waals surface area (Å²) in [6.07, 6.45) is 0.0235. The fourth-order valence-electron chi connectivity index (χ4n) is 2.88. The molecule has 1 aliphatic heterocycles. The molecule has 1 fully saturated rings. The molecule has 1 atom stereocenters. The van der Waals surface area contributed by atoms with E-state index < -0.39 is 0 Å². The summed E-state index contributed by atoms with van der Waals surface area (Å²) in [6, 6.07) is 10.3. The van der Waals surface area contributed by atoms with Gasteiger partial charge in [0.25, 0.3) is 0 Å². The van der Waals surface area contributed by atoms with Crippen LogP contribution in [-0.4, -0.2) is 43.6 Å². The Labute approximate surface area is 134 Å². The summed E-state index contributed by atoms with van der Waals surface area (Å²) in [5, 5.41) is 3.47. The molecule has 1 aromatic carbocycles. The maximum absolute atomic E-state index is 5.62. The maximum Gasteiger partial charge on any atom is 0.194 e. The average molecular weight is 303 g/mol. The Bertz CT molecular complexity index is 522. The molecule has 0 aliphatic carbocycles. The van der Waals surface area contributed by atoms with Crippen LogP contribution in [0.25, 0.3) is 0 Å². The largest absolute Gasteiger partial charge is 0.375 e. The number of rotatable bonds is 4. The number of hydrogen-bond donors (Lipinski definition) is 1. The monoisotopic (exact) mass is 303 g/mol. The second-order valence-electron chi connectivity index (χ2n) is 7.09. The van der Waals surface area contributed by atoms with E-state index in [1.165, 1.54) is 5.56 Å². The molecule has 1 saturated heterocycles. The van der Waals surface area contributed by atoms with Crippen molar-refractivity contribution < 1.29 is 4.74 Å². The van der Waals surface area contributed by atoms with Gasteiger partial charge in [0.15, 0.2) is 5.96 Å². The standard InChI is InChI=1S/C18H29N3O/c1-17(2)13-21(18(17,3)4)16(19-5)20-12-15(22-6)14-10-8-7-9-11-14/h7-11,15H,12-13H2,1-6H3,(H,19,20). The Morgan fingerprint density at radius 1 is 1.27 bits per heavy atom. The molecule has 0 aromatic heterocycles. The summed E-state index contributed by atoms with van der Waals surface area (Å²) in [4.78, 5) is 6.79. The molecular weight excluding hydrogens is 274 g/mol. The predicted octanol–water partition coefficient (Wildman–Crippen LogP) is 3.07. The number of likely N-dealkylation sites (tertiary alicyclic amines) is 1. The highest BCUT2D eigenvalue weighted by Crippen LogP contribution is 2.46. The second-order valence-corrected chi connectivity index (χ2v) is 7.09. The number of aliphatic imine (C=N–C) groups is 1. The van der Waals surface area contributed by atoms with Gasteiger partial charge in [-0.3, -0.25) is 4.99 Å². The molecule has 0 bridgehead atoms. The highest BCUT2D eigenvalue weighted by molar-refractivity contribution is 5.82. The third-order valence-electron chi connectivity index (χ3n) is 5.25. The third-order valence-corrected chi connectivity index (χ3v) is 5.25. The van der Waals surface area contributed by atoms with Gasteiger partial charge in [-0.05, 0) is 19.4 Å². The lowest BCUT2D eigenvalue weighted by Gasteiger charge is -2.62. The van der Waals surface area contributed by atoms with Crippen LogP contribution in [-0.2, 0) is 4.74 Å². The van der Waals surface area contributed by atoms with Gasteiger partial charge in [-0.25, -0.2) is 0 Å². The van der Waals surface area contributed by atoms with Gasteiger partial charge in [-0.15, -0.1) is 0 Å². The molecule has 0 spiro atoms. The SMILES string of the molecule is CN=C(NCC(OC)c1ccccc1)N1CC(C)(C)C1(C)C. The molecular formula is C18H29N3O. The minimum absolute atomic E-state index is 0.0235. The van der Waals surface area contributed by atoms with Crippen molar-refractivity contribution in [1.29, 1.82) is 0 Å². The van der Waals surface area contributed by atoms with Crippen LogP contribution in [0.3, 0.4) is 0 Å². The van der Waals surface area contributed by atoms with Crippen LogP contribution in [0.15, 0.2) is 35.3 Å². The van der Waals surface area contributed by atoms with Gasteiger partial charge in [0.05, 0.1) is 6.10 Å². The van der Waals surface area contributed by atoms with E-state index in [2.05, 4.69) is 55.0 Å². The normalized spacial score (nSPS) is 21.2. The fraction of sp³-hybridized carbons (Fsp3) is 0.611. The van der Waals surface area contributed by atoms with Gasteiger partial charge in [0.1, 0.15) is 0 Å². The van der Waals surface area contributed by atoms with Gasteiger partial charge in [-0.2, -0.15) is 0 Å². The molecule has 1 aromatic rings. The van der Waals surface area contributed by atoms with Crippen LogP contribution in [0.2, 0.25) is 0 Å². The summed E-state index contributed by atoms with van der Waals surface area (Å²) in [5.74, 6) is 0.947. The van der Waals surface area contributed by atoms with Crippen molar-refractivity contribution in [3.63, 3.8) is 0 Å². The van der Waals surface area contributed by atoms with Gasteiger partial charge in [0.2, 0.25) is 0 Å². The van der Waals surface area contributed by atoms with E-state index in [4.69, 9.17) is 4.74 Å². The number of nitrogens with one attached hydrogen (secondary N) is 1. The Kier molecular flexibility index (Phi) is 4.81. The van der Waals surface area contributed by atoms with Crippen LogP contribution < -0.4 is 5.32 Å². The van der Waals surface area contributed by atoms with Gasteiger partial charge in [-0.1, -0.05) is 44.2 Å². The molecule has 0 amide bonds. The zero-order valence-electron chi connectivity index (χ0n) is 14.7. The number of ether oxygens (including phenoxy) is 1. The number of benzene rings is 1. The lowest BCUT2D eigenvalue weighted by Crippen LogP contribution is -2.72. The molecule has 0 radical (unpaired) electrons. The van der Waals surface area contributed by atoms with Crippen molar-refractivity contribution in [2.45, 2.75) is 39.3 Å². The molecule has 1 unspecified atom stereocenters. The van der Waals surface area contributed by atoms with Gasteiger partial charge >= 0.3 is 0 Å². The van der Waals surface area contributed by atoms with E-state index in [1.807, 2.05) is 25.2 Å². The van der Waals surface area contributed by atoms with E-state index in [0.29, 0.717) is 12.0 Å². The predicted molar refractivity (Wildman–Crippen MR) is 92.1 cm³/mol. The zero-order chi connectivity index (χ0) is 16.4. The van der Waals surface area contributed by atoms with Crippen molar-refractivity contribution >= 4 is 5.96 Å². The Hall–Kier alpha value is -1.55. The van der Waals surface area contributed by atoms with Gasteiger partial charge in [0, 0.05) is 38.2 Å². The minimum Gasteiger partial charge on any atom is -0.375 e. The topological polar surface area (TPSA) is 36.9 Å². The first kappa shape index (κ1) is 16.8. The number of guanidine groups is 1. The maximum atomic E-state index is 5.62. The lowest BCUT2D eigenvalue weighted by atomic mass is 9.65.